The summed E-state index contributed by atoms with van der Waals surface area (Å²) in [5.74, 6) is 1.14. The van der Waals surface area contributed by atoms with Gasteiger partial charge < -0.3 is 14.8 Å². The van der Waals surface area contributed by atoms with E-state index in [1.807, 2.05) is 35.1 Å². The van der Waals surface area contributed by atoms with Crippen molar-refractivity contribution in [2.75, 3.05) is 13.7 Å². The van der Waals surface area contributed by atoms with Crippen LogP contribution in [-0.4, -0.2) is 40.7 Å². The number of rotatable bonds is 8. The van der Waals surface area contributed by atoms with Gasteiger partial charge in [0.25, 0.3) is 0 Å². The highest BCUT2D eigenvalue weighted by molar-refractivity contribution is 5.77. The zero-order valence-electron chi connectivity index (χ0n) is 14.4. The Bertz CT molecular complexity index is 657. The SMILES string of the molecule is COc1ccc(COCC(=O)N[C@@H]2CCC[C@@H]2Cn2ccnn2)cc1. The smallest absolute Gasteiger partial charge is 0.246 e. The molecule has 0 radical (unpaired) electrons. The van der Waals surface area contributed by atoms with Crippen LogP contribution in [0.5, 0.6) is 5.75 Å². The fourth-order valence-corrected chi connectivity index (χ4v) is 3.25. The molecule has 7 heteroatoms. The van der Waals surface area contributed by atoms with E-state index >= 15 is 0 Å². The van der Waals surface area contributed by atoms with Gasteiger partial charge in [-0.1, -0.05) is 23.8 Å². The summed E-state index contributed by atoms with van der Waals surface area (Å²) in [5.41, 5.74) is 1.01. The van der Waals surface area contributed by atoms with E-state index in [1.165, 1.54) is 0 Å². The summed E-state index contributed by atoms with van der Waals surface area (Å²) < 4.78 is 12.5. The van der Waals surface area contributed by atoms with Gasteiger partial charge in [0.1, 0.15) is 12.4 Å². The van der Waals surface area contributed by atoms with Crippen molar-refractivity contribution in [3.8, 4) is 5.75 Å². The van der Waals surface area contributed by atoms with Crippen LogP contribution in [0.15, 0.2) is 36.7 Å². The van der Waals surface area contributed by atoms with Gasteiger partial charge in [0.15, 0.2) is 0 Å². The second-order valence-corrected chi connectivity index (χ2v) is 6.33. The molecule has 1 fully saturated rings. The summed E-state index contributed by atoms with van der Waals surface area (Å²) in [7, 11) is 1.63. The minimum atomic E-state index is -0.0657. The minimum Gasteiger partial charge on any atom is -0.497 e. The van der Waals surface area contributed by atoms with E-state index < -0.39 is 0 Å². The number of carbonyl (C=O) groups excluding carboxylic acids is 1. The molecule has 25 heavy (non-hydrogen) atoms. The first-order chi connectivity index (χ1) is 12.2. The number of nitrogens with one attached hydrogen (secondary N) is 1. The average Bonchev–Trinajstić information content (AvgIpc) is 3.28. The second kappa shape index (κ2) is 8.62. The molecule has 134 valence electrons. The fourth-order valence-electron chi connectivity index (χ4n) is 3.25. The maximum absolute atomic E-state index is 12.1. The average molecular weight is 344 g/mol. The zero-order valence-corrected chi connectivity index (χ0v) is 14.4. The van der Waals surface area contributed by atoms with E-state index in [0.717, 1.165) is 37.1 Å². The van der Waals surface area contributed by atoms with Crippen molar-refractivity contribution >= 4 is 5.91 Å². The lowest BCUT2D eigenvalue weighted by atomic mass is 10.0. The van der Waals surface area contributed by atoms with Crippen molar-refractivity contribution in [2.45, 2.75) is 38.5 Å². The lowest BCUT2D eigenvalue weighted by molar-refractivity contribution is -0.127. The normalized spacial score (nSPS) is 19.7. The summed E-state index contributed by atoms with van der Waals surface area (Å²) in [5, 5.41) is 10.9. The van der Waals surface area contributed by atoms with E-state index in [2.05, 4.69) is 15.6 Å². The molecule has 1 N–H and O–H groups in total. The summed E-state index contributed by atoms with van der Waals surface area (Å²) in [4.78, 5) is 12.1. The van der Waals surface area contributed by atoms with Crippen LogP contribution in [0.2, 0.25) is 0 Å². The standard InChI is InChI=1S/C18H24N4O3/c1-24-16-7-5-14(6-8-16)12-25-13-18(23)20-17-4-2-3-15(17)11-22-10-9-19-21-22/h5-10,15,17H,2-4,11-13H2,1H3,(H,20,23)/t15-,17-/m1/s1. The predicted molar refractivity (Wildman–Crippen MR) is 91.9 cm³/mol. The summed E-state index contributed by atoms with van der Waals surface area (Å²) >= 11 is 0. The van der Waals surface area contributed by atoms with Gasteiger partial charge in [-0.3, -0.25) is 9.48 Å². The Hall–Kier alpha value is -2.41. The Morgan fingerprint density at radius 3 is 2.88 bits per heavy atom. The molecule has 1 aliphatic carbocycles. The molecule has 1 aliphatic rings. The molecule has 0 unspecified atom stereocenters. The molecule has 1 amide bonds. The Morgan fingerprint density at radius 1 is 1.32 bits per heavy atom. The van der Waals surface area contributed by atoms with Crippen molar-refractivity contribution in [3.05, 3.63) is 42.2 Å². The number of benzene rings is 1. The Balaban J connectivity index is 1.40. The highest BCUT2D eigenvalue weighted by atomic mass is 16.5. The molecule has 7 nitrogen and oxygen atoms in total. The fraction of sp³-hybridized carbons (Fsp3) is 0.500. The van der Waals surface area contributed by atoms with Gasteiger partial charge in [-0.2, -0.15) is 0 Å². The number of ether oxygens (including phenoxy) is 2. The van der Waals surface area contributed by atoms with Crippen molar-refractivity contribution in [2.24, 2.45) is 5.92 Å². The molecule has 3 rings (SSSR count). The monoisotopic (exact) mass is 344 g/mol. The molecule has 0 saturated heterocycles. The van der Waals surface area contributed by atoms with Crippen LogP contribution in [0.4, 0.5) is 0 Å². The van der Waals surface area contributed by atoms with Gasteiger partial charge in [0.05, 0.1) is 19.9 Å². The molecular formula is C18H24N4O3. The van der Waals surface area contributed by atoms with Gasteiger partial charge in [0, 0.05) is 18.8 Å². The highest BCUT2D eigenvalue weighted by Crippen LogP contribution is 2.26. The lowest BCUT2D eigenvalue weighted by Crippen LogP contribution is -2.40. The first kappa shape index (κ1) is 17.4. The number of carbonyl (C=O) groups is 1. The number of nitrogens with zero attached hydrogens (tertiary/aromatic N) is 3. The summed E-state index contributed by atoms with van der Waals surface area (Å²) in [6.45, 7) is 1.26. The van der Waals surface area contributed by atoms with Gasteiger partial charge in [-0.25, -0.2) is 0 Å². The van der Waals surface area contributed by atoms with Crippen LogP contribution in [0.1, 0.15) is 24.8 Å². The topological polar surface area (TPSA) is 78.3 Å². The van der Waals surface area contributed by atoms with Crippen molar-refractivity contribution in [3.63, 3.8) is 0 Å². The van der Waals surface area contributed by atoms with Crippen LogP contribution >= 0.6 is 0 Å². The van der Waals surface area contributed by atoms with Gasteiger partial charge in [0.2, 0.25) is 5.91 Å². The number of methoxy groups -OCH3 is 1. The predicted octanol–water partition coefficient (Wildman–Crippen LogP) is 1.79. The van der Waals surface area contributed by atoms with Crippen LogP contribution in [0.3, 0.4) is 0 Å². The third-order valence-corrected chi connectivity index (χ3v) is 4.56. The molecule has 1 aromatic heterocycles. The first-order valence-electron chi connectivity index (χ1n) is 8.59. The molecule has 0 bridgehead atoms. The second-order valence-electron chi connectivity index (χ2n) is 6.33. The van der Waals surface area contributed by atoms with Gasteiger partial charge in [-0.05, 0) is 36.5 Å². The van der Waals surface area contributed by atoms with E-state index in [9.17, 15) is 4.79 Å². The maximum atomic E-state index is 12.1. The molecular weight excluding hydrogens is 320 g/mol. The van der Waals surface area contributed by atoms with Crippen molar-refractivity contribution in [1.82, 2.24) is 20.3 Å². The molecule has 1 heterocycles. The molecule has 1 saturated carbocycles. The summed E-state index contributed by atoms with van der Waals surface area (Å²) in [6, 6.07) is 7.81. The Labute approximate surface area is 147 Å². The highest BCUT2D eigenvalue weighted by Gasteiger charge is 2.29. The molecule has 2 aromatic rings. The summed E-state index contributed by atoms with van der Waals surface area (Å²) in [6.07, 6.45) is 6.75. The van der Waals surface area contributed by atoms with E-state index in [4.69, 9.17) is 9.47 Å². The minimum absolute atomic E-state index is 0.0657. The van der Waals surface area contributed by atoms with Crippen LogP contribution in [-0.2, 0) is 22.7 Å². The maximum Gasteiger partial charge on any atom is 0.246 e. The van der Waals surface area contributed by atoms with Gasteiger partial charge >= 0.3 is 0 Å². The van der Waals surface area contributed by atoms with E-state index in [1.54, 1.807) is 13.3 Å². The van der Waals surface area contributed by atoms with Crippen LogP contribution in [0, 0.1) is 5.92 Å². The Kier molecular flexibility index (Phi) is 6.00. The van der Waals surface area contributed by atoms with E-state index in [0.29, 0.717) is 12.5 Å². The number of hydrogen-bond donors (Lipinski definition) is 1. The zero-order chi connectivity index (χ0) is 17.5. The number of hydrogen-bond acceptors (Lipinski definition) is 5. The number of amides is 1. The molecule has 0 aliphatic heterocycles. The lowest BCUT2D eigenvalue weighted by Gasteiger charge is -2.20. The van der Waals surface area contributed by atoms with Crippen LogP contribution < -0.4 is 10.1 Å². The van der Waals surface area contributed by atoms with Crippen molar-refractivity contribution < 1.29 is 14.3 Å². The van der Waals surface area contributed by atoms with Crippen LogP contribution in [0.25, 0.3) is 0 Å². The molecule has 2 atom stereocenters. The molecule has 1 aromatic carbocycles. The number of aromatic nitrogens is 3. The third kappa shape index (κ3) is 5.03. The molecule has 0 spiro atoms. The largest absolute Gasteiger partial charge is 0.497 e. The third-order valence-electron chi connectivity index (χ3n) is 4.56. The van der Waals surface area contributed by atoms with Gasteiger partial charge in [-0.15, -0.1) is 5.10 Å². The van der Waals surface area contributed by atoms with Crippen molar-refractivity contribution in [1.29, 1.82) is 0 Å². The van der Waals surface area contributed by atoms with E-state index in [-0.39, 0.29) is 18.6 Å². The first-order valence-corrected chi connectivity index (χ1v) is 8.59. The quantitative estimate of drug-likeness (QED) is 0.790. The Morgan fingerprint density at radius 2 is 2.16 bits per heavy atom.